The van der Waals surface area contributed by atoms with Crippen LogP contribution in [0.25, 0.3) is 0 Å². The van der Waals surface area contributed by atoms with Gasteiger partial charge in [0.05, 0.1) is 0 Å². The number of hydrogen-bond donors (Lipinski definition) is 2. The van der Waals surface area contributed by atoms with Gasteiger partial charge in [-0.15, -0.1) is 0 Å². The van der Waals surface area contributed by atoms with Crippen LogP contribution in [-0.4, -0.2) is 19.6 Å². The number of piperidine rings is 1. The Morgan fingerprint density at radius 3 is 3.06 bits per heavy atom. The van der Waals surface area contributed by atoms with Crippen LogP contribution in [0.1, 0.15) is 36.8 Å². The van der Waals surface area contributed by atoms with Gasteiger partial charge in [-0.1, -0.05) is 12.1 Å². The third-order valence-electron chi connectivity index (χ3n) is 4.35. The molecule has 1 aromatic rings. The Morgan fingerprint density at radius 1 is 1.17 bits per heavy atom. The number of nitrogens with one attached hydrogen (secondary N) is 2. The Bertz CT molecular complexity index is 394. The molecule has 1 atom stereocenters. The fourth-order valence-electron chi connectivity index (χ4n) is 3.22. The summed E-state index contributed by atoms with van der Waals surface area (Å²) in [7, 11) is 0. The molecule has 2 heterocycles. The van der Waals surface area contributed by atoms with E-state index in [1.807, 2.05) is 0 Å². The minimum Gasteiger partial charge on any atom is -0.385 e. The molecule has 0 amide bonds. The Balaban J connectivity index is 1.58. The van der Waals surface area contributed by atoms with E-state index in [0.717, 1.165) is 12.5 Å². The summed E-state index contributed by atoms with van der Waals surface area (Å²) in [5.41, 5.74) is 4.42. The molecule has 1 unspecified atom stereocenters. The number of aryl methyl sites for hydroxylation is 2. The summed E-state index contributed by atoms with van der Waals surface area (Å²) in [4.78, 5) is 0. The summed E-state index contributed by atoms with van der Waals surface area (Å²) in [6.45, 7) is 3.59. The highest BCUT2D eigenvalue weighted by atomic mass is 14.9. The van der Waals surface area contributed by atoms with Crippen LogP contribution in [0.15, 0.2) is 18.2 Å². The lowest BCUT2D eigenvalue weighted by Gasteiger charge is -2.23. The standard InChI is InChI=1S/C16H24N2/c1-3-14(12-17-9-1)6-5-13-7-8-16-15(11-13)4-2-10-18-16/h7-8,11,14,17-18H,1-6,9-10,12H2. The summed E-state index contributed by atoms with van der Waals surface area (Å²) in [5.74, 6) is 0.896. The monoisotopic (exact) mass is 244 g/mol. The predicted octanol–water partition coefficient (Wildman–Crippen LogP) is 2.98. The maximum Gasteiger partial charge on any atom is 0.0372 e. The van der Waals surface area contributed by atoms with Crippen molar-refractivity contribution in [2.75, 3.05) is 25.0 Å². The number of hydrogen-bond acceptors (Lipinski definition) is 2. The number of benzene rings is 1. The van der Waals surface area contributed by atoms with E-state index in [0.29, 0.717) is 0 Å². The normalized spacial score (nSPS) is 23.2. The van der Waals surface area contributed by atoms with E-state index in [2.05, 4.69) is 28.8 Å². The van der Waals surface area contributed by atoms with E-state index < -0.39 is 0 Å². The molecule has 98 valence electrons. The molecule has 1 fully saturated rings. The molecule has 0 aromatic heterocycles. The van der Waals surface area contributed by atoms with E-state index in [1.165, 1.54) is 68.4 Å². The van der Waals surface area contributed by atoms with Crippen molar-refractivity contribution in [1.82, 2.24) is 5.32 Å². The van der Waals surface area contributed by atoms with Crippen molar-refractivity contribution in [3.8, 4) is 0 Å². The average molecular weight is 244 g/mol. The molecule has 18 heavy (non-hydrogen) atoms. The van der Waals surface area contributed by atoms with E-state index in [-0.39, 0.29) is 0 Å². The first-order valence-electron chi connectivity index (χ1n) is 7.48. The highest BCUT2D eigenvalue weighted by molar-refractivity contribution is 5.54. The van der Waals surface area contributed by atoms with Gasteiger partial charge in [0.2, 0.25) is 0 Å². The Morgan fingerprint density at radius 2 is 2.17 bits per heavy atom. The summed E-state index contributed by atoms with van der Waals surface area (Å²) in [6.07, 6.45) is 7.90. The van der Waals surface area contributed by atoms with Crippen LogP contribution in [0.4, 0.5) is 5.69 Å². The Hall–Kier alpha value is -1.02. The zero-order valence-corrected chi connectivity index (χ0v) is 11.2. The second kappa shape index (κ2) is 5.75. The van der Waals surface area contributed by atoms with E-state index in [1.54, 1.807) is 0 Å². The van der Waals surface area contributed by atoms with E-state index in [4.69, 9.17) is 0 Å². The molecule has 0 aliphatic carbocycles. The van der Waals surface area contributed by atoms with E-state index in [9.17, 15) is 0 Å². The van der Waals surface area contributed by atoms with Crippen LogP contribution in [0, 0.1) is 5.92 Å². The van der Waals surface area contributed by atoms with Crippen molar-refractivity contribution in [3.63, 3.8) is 0 Å². The molecule has 0 radical (unpaired) electrons. The quantitative estimate of drug-likeness (QED) is 0.854. The zero-order chi connectivity index (χ0) is 12.2. The molecule has 0 saturated carbocycles. The minimum atomic E-state index is 0.896. The third kappa shape index (κ3) is 2.86. The number of fused-ring (bicyclic) bond motifs is 1. The molecule has 1 aromatic carbocycles. The SMILES string of the molecule is c1cc2c(cc1CCC1CCCNC1)CCCN2. The van der Waals surface area contributed by atoms with Crippen LogP contribution < -0.4 is 10.6 Å². The predicted molar refractivity (Wildman–Crippen MR) is 77.2 cm³/mol. The maximum absolute atomic E-state index is 3.51. The lowest BCUT2D eigenvalue weighted by Crippen LogP contribution is -2.29. The molecular weight excluding hydrogens is 220 g/mol. The van der Waals surface area contributed by atoms with Crippen molar-refractivity contribution in [3.05, 3.63) is 29.3 Å². The largest absolute Gasteiger partial charge is 0.385 e. The molecule has 2 heteroatoms. The average Bonchev–Trinajstić information content (AvgIpc) is 2.46. The van der Waals surface area contributed by atoms with Crippen molar-refractivity contribution in [2.24, 2.45) is 5.92 Å². The molecule has 2 aliphatic rings. The molecule has 2 N–H and O–H groups in total. The highest BCUT2D eigenvalue weighted by Crippen LogP contribution is 2.24. The third-order valence-corrected chi connectivity index (χ3v) is 4.35. The Kier molecular flexibility index (Phi) is 3.84. The van der Waals surface area contributed by atoms with Gasteiger partial charge in [-0.25, -0.2) is 0 Å². The van der Waals surface area contributed by atoms with Gasteiger partial charge < -0.3 is 10.6 Å². The molecule has 3 rings (SSSR count). The van der Waals surface area contributed by atoms with Gasteiger partial charge in [0.15, 0.2) is 0 Å². The molecule has 0 bridgehead atoms. The fraction of sp³-hybridized carbons (Fsp3) is 0.625. The minimum absolute atomic E-state index is 0.896. The van der Waals surface area contributed by atoms with Crippen LogP contribution in [0.3, 0.4) is 0 Å². The van der Waals surface area contributed by atoms with Crippen molar-refractivity contribution in [2.45, 2.75) is 38.5 Å². The first kappa shape index (κ1) is 12.0. The summed E-state index contributed by atoms with van der Waals surface area (Å²) in [5, 5.41) is 7.00. The van der Waals surface area contributed by atoms with Crippen molar-refractivity contribution in [1.29, 1.82) is 0 Å². The van der Waals surface area contributed by atoms with Crippen LogP contribution in [0.2, 0.25) is 0 Å². The molecule has 1 saturated heterocycles. The van der Waals surface area contributed by atoms with Crippen LogP contribution in [0.5, 0.6) is 0 Å². The fourth-order valence-corrected chi connectivity index (χ4v) is 3.22. The summed E-state index contributed by atoms with van der Waals surface area (Å²) >= 11 is 0. The van der Waals surface area contributed by atoms with E-state index >= 15 is 0 Å². The smallest absolute Gasteiger partial charge is 0.0372 e. The second-order valence-corrected chi connectivity index (χ2v) is 5.77. The van der Waals surface area contributed by atoms with Gasteiger partial charge in [0, 0.05) is 12.2 Å². The van der Waals surface area contributed by atoms with Crippen LogP contribution in [-0.2, 0) is 12.8 Å². The summed E-state index contributed by atoms with van der Waals surface area (Å²) < 4.78 is 0. The van der Waals surface area contributed by atoms with Crippen LogP contribution >= 0.6 is 0 Å². The van der Waals surface area contributed by atoms with Gasteiger partial charge in [0.25, 0.3) is 0 Å². The highest BCUT2D eigenvalue weighted by Gasteiger charge is 2.13. The van der Waals surface area contributed by atoms with Crippen molar-refractivity contribution >= 4 is 5.69 Å². The second-order valence-electron chi connectivity index (χ2n) is 5.77. The van der Waals surface area contributed by atoms with Gasteiger partial charge in [0.1, 0.15) is 0 Å². The van der Waals surface area contributed by atoms with Crippen molar-refractivity contribution < 1.29 is 0 Å². The maximum atomic E-state index is 3.51. The molecular formula is C16H24N2. The Labute approximate surface area is 110 Å². The summed E-state index contributed by atoms with van der Waals surface area (Å²) in [6, 6.07) is 7.02. The van der Waals surface area contributed by atoms with Gasteiger partial charge in [-0.05, 0) is 74.7 Å². The first-order valence-corrected chi connectivity index (χ1v) is 7.48. The first-order chi connectivity index (χ1) is 8.92. The lowest BCUT2D eigenvalue weighted by molar-refractivity contribution is 0.358. The molecule has 0 spiro atoms. The molecule has 2 aliphatic heterocycles. The molecule has 2 nitrogen and oxygen atoms in total. The van der Waals surface area contributed by atoms with Gasteiger partial charge >= 0.3 is 0 Å². The number of rotatable bonds is 3. The number of anilines is 1. The zero-order valence-electron chi connectivity index (χ0n) is 11.2. The van der Waals surface area contributed by atoms with Gasteiger partial charge in [-0.3, -0.25) is 0 Å². The van der Waals surface area contributed by atoms with Gasteiger partial charge in [-0.2, -0.15) is 0 Å². The lowest BCUT2D eigenvalue weighted by atomic mass is 9.91. The topological polar surface area (TPSA) is 24.1 Å².